The Bertz CT molecular complexity index is 700. The van der Waals surface area contributed by atoms with Crippen LogP contribution in [-0.4, -0.2) is 30.3 Å². The Balaban J connectivity index is 2.52. The number of aliphatic hydroxyl groups is 1. The molecule has 1 N–H and O–H groups in total. The largest absolute Gasteiger partial charge is 0.462 e. The van der Waals surface area contributed by atoms with Gasteiger partial charge in [0.1, 0.15) is 0 Å². The van der Waals surface area contributed by atoms with E-state index in [1.165, 1.54) is 6.07 Å². The maximum atomic E-state index is 12.1. The number of benzene rings is 2. The summed E-state index contributed by atoms with van der Waals surface area (Å²) < 4.78 is 10.1. The highest BCUT2D eigenvalue weighted by Crippen LogP contribution is 2.24. The topological polar surface area (TPSA) is 72.8 Å². The molecule has 0 fully saturated rings. The van der Waals surface area contributed by atoms with Crippen molar-refractivity contribution in [3.05, 3.63) is 59.2 Å². The summed E-state index contributed by atoms with van der Waals surface area (Å²) >= 11 is 0. The molecule has 5 heteroatoms. The monoisotopic (exact) mass is 328 g/mol. The van der Waals surface area contributed by atoms with E-state index in [4.69, 9.17) is 9.47 Å². The van der Waals surface area contributed by atoms with Crippen LogP contribution in [-0.2, 0) is 16.1 Å². The molecule has 0 amide bonds. The van der Waals surface area contributed by atoms with E-state index in [-0.39, 0.29) is 30.9 Å². The minimum absolute atomic E-state index is 0.0872. The molecule has 0 bridgehead atoms. The lowest BCUT2D eigenvalue weighted by Crippen LogP contribution is -2.09. The van der Waals surface area contributed by atoms with Crippen molar-refractivity contribution in [2.24, 2.45) is 0 Å². The molecule has 0 aliphatic rings. The number of esters is 2. The fourth-order valence-electron chi connectivity index (χ4n) is 2.31. The van der Waals surface area contributed by atoms with E-state index in [2.05, 4.69) is 0 Å². The molecule has 0 aromatic heterocycles. The first kappa shape index (κ1) is 17.7. The Labute approximate surface area is 140 Å². The van der Waals surface area contributed by atoms with E-state index < -0.39 is 11.9 Å². The zero-order chi connectivity index (χ0) is 17.5. The minimum atomic E-state index is -0.497. The van der Waals surface area contributed by atoms with E-state index in [9.17, 15) is 14.7 Å². The van der Waals surface area contributed by atoms with E-state index in [0.29, 0.717) is 5.56 Å². The van der Waals surface area contributed by atoms with Crippen LogP contribution in [0.5, 0.6) is 0 Å². The standard InChI is InChI=1S/C19H20O5/c1-3-23-18(21)16-9-15(10-17(11-16)19(22)24-4-2)14-7-5-6-13(8-14)12-20/h5-11,20H,3-4,12H2,1-2H3. The Morgan fingerprint density at radius 1 is 0.875 bits per heavy atom. The zero-order valence-corrected chi connectivity index (χ0v) is 13.7. The molecule has 0 heterocycles. The van der Waals surface area contributed by atoms with Gasteiger partial charge in [0.15, 0.2) is 0 Å². The van der Waals surface area contributed by atoms with Crippen LogP contribution in [0.15, 0.2) is 42.5 Å². The van der Waals surface area contributed by atoms with Gasteiger partial charge < -0.3 is 14.6 Å². The predicted octanol–water partition coefficient (Wildman–Crippen LogP) is 3.20. The van der Waals surface area contributed by atoms with Crippen LogP contribution in [0.4, 0.5) is 0 Å². The maximum absolute atomic E-state index is 12.1. The van der Waals surface area contributed by atoms with E-state index >= 15 is 0 Å². The number of carbonyl (C=O) groups is 2. The summed E-state index contributed by atoms with van der Waals surface area (Å²) in [5.41, 5.74) is 2.78. The Morgan fingerprint density at radius 3 is 1.96 bits per heavy atom. The summed E-state index contributed by atoms with van der Waals surface area (Å²) in [4.78, 5) is 24.1. The molecule has 0 radical (unpaired) electrons. The molecule has 2 rings (SSSR count). The van der Waals surface area contributed by atoms with Crippen molar-refractivity contribution in [1.82, 2.24) is 0 Å². The predicted molar refractivity (Wildman–Crippen MR) is 89.7 cm³/mol. The fraction of sp³-hybridized carbons (Fsp3) is 0.263. The van der Waals surface area contributed by atoms with Crippen molar-refractivity contribution in [1.29, 1.82) is 0 Å². The van der Waals surface area contributed by atoms with Crippen molar-refractivity contribution in [3.8, 4) is 11.1 Å². The third-order valence-electron chi connectivity index (χ3n) is 3.40. The van der Waals surface area contributed by atoms with Crippen LogP contribution in [0.2, 0.25) is 0 Å². The zero-order valence-electron chi connectivity index (χ0n) is 13.7. The van der Waals surface area contributed by atoms with Gasteiger partial charge in [-0.25, -0.2) is 9.59 Å². The molecule has 0 saturated carbocycles. The third-order valence-corrected chi connectivity index (χ3v) is 3.40. The Kier molecular flexibility index (Phi) is 6.09. The molecule has 0 unspecified atom stereocenters. The summed E-state index contributed by atoms with van der Waals surface area (Å²) in [6.45, 7) is 3.85. The number of rotatable bonds is 6. The normalized spacial score (nSPS) is 10.3. The molecular weight excluding hydrogens is 308 g/mol. The second kappa shape index (κ2) is 8.26. The molecule has 0 aliphatic heterocycles. The molecule has 0 spiro atoms. The number of carbonyl (C=O) groups excluding carboxylic acids is 2. The molecule has 2 aromatic rings. The van der Waals surface area contributed by atoms with Gasteiger partial charge >= 0.3 is 11.9 Å². The molecule has 0 saturated heterocycles. The smallest absolute Gasteiger partial charge is 0.338 e. The first-order chi connectivity index (χ1) is 11.6. The van der Waals surface area contributed by atoms with Crippen LogP contribution < -0.4 is 0 Å². The number of hydrogen-bond donors (Lipinski definition) is 1. The van der Waals surface area contributed by atoms with Gasteiger partial charge in [0.05, 0.1) is 30.9 Å². The van der Waals surface area contributed by atoms with Crippen LogP contribution in [0.1, 0.15) is 40.1 Å². The molecule has 2 aromatic carbocycles. The van der Waals surface area contributed by atoms with Gasteiger partial charge in [-0.2, -0.15) is 0 Å². The first-order valence-corrected chi connectivity index (χ1v) is 7.78. The minimum Gasteiger partial charge on any atom is -0.462 e. The second-order valence-electron chi connectivity index (χ2n) is 5.10. The van der Waals surface area contributed by atoms with Gasteiger partial charge in [0, 0.05) is 0 Å². The summed E-state index contributed by atoms with van der Waals surface area (Å²) in [5.74, 6) is -0.994. The van der Waals surface area contributed by atoms with Crippen LogP contribution >= 0.6 is 0 Å². The lowest BCUT2D eigenvalue weighted by atomic mass is 9.98. The van der Waals surface area contributed by atoms with Gasteiger partial charge in [-0.05, 0) is 54.8 Å². The van der Waals surface area contributed by atoms with Gasteiger partial charge in [-0.3, -0.25) is 0 Å². The molecule has 24 heavy (non-hydrogen) atoms. The highest BCUT2D eigenvalue weighted by molar-refractivity contribution is 5.97. The Hall–Kier alpha value is -2.66. The van der Waals surface area contributed by atoms with Gasteiger partial charge in [-0.1, -0.05) is 18.2 Å². The lowest BCUT2D eigenvalue weighted by Gasteiger charge is -2.10. The van der Waals surface area contributed by atoms with Crippen LogP contribution in [0.25, 0.3) is 11.1 Å². The molecule has 0 atom stereocenters. The second-order valence-corrected chi connectivity index (χ2v) is 5.10. The SMILES string of the molecule is CCOC(=O)c1cc(C(=O)OCC)cc(-c2cccc(CO)c2)c1. The molecule has 126 valence electrons. The Morgan fingerprint density at radius 2 is 1.46 bits per heavy atom. The molecule has 5 nitrogen and oxygen atoms in total. The average Bonchev–Trinajstić information content (AvgIpc) is 2.61. The van der Waals surface area contributed by atoms with E-state index in [1.807, 2.05) is 12.1 Å². The highest BCUT2D eigenvalue weighted by atomic mass is 16.5. The first-order valence-electron chi connectivity index (χ1n) is 7.78. The van der Waals surface area contributed by atoms with E-state index in [1.54, 1.807) is 38.1 Å². The van der Waals surface area contributed by atoms with E-state index in [0.717, 1.165) is 11.1 Å². The quantitative estimate of drug-likeness (QED) is 0.824. The van der Waals surface area contributed by atoms with Crippen molar-refractivity contribution < 1.29 is 24.2 Å². The van der Waals surface area contributed by atoms with Gasteiger partial charge in [0.25, 0.3) is 0 Å². The highest BCUT2D eigenvalue weighted by Gasteiger charge is 2.15. The van der Waals surface area contributed by atoms with Crippen molar-refractivity contribution in [3.63, 3.8) is 0 Å². The summed E-state index contributed by atoms with van der Waals surface area (Å²) in [6, 6.07) is 12.0. The number of aliphatic hydroxyl groups excluding tert-OH is 1. The number of ether oxygens (including phenoxy) is 2. The average molecular weight is 328 g/mol. The van der Waals surface area contributed by atoms with Crippen LogP contribution in [0.3, 0.4) is 0 Å². The fourth-order valence-corrected chi connectivity index (χ4v) is 2.31. The van der Waals surface area contributed by atoms with Gasteiger partial charge in [0.2, 0.25) is 0 Å². The number of hydrogen-bond acceptors (Lipinski definition) is 5. The summed E-state index contributed by atoms with van der Waals surface area (Å²) in [7, 11) is 0. The lowest BCUT2D eigenvalue weighted by molar-refractivity contribution is 0.0525. The van der Waals surface area contributed by atoms with Crippen molar-refractivity contribution >= 4 is 11.9 Å². The maximum Gasteiger partial charge on any atom is 0.338 e. The summed E-state index contributed by atoms with van der Waals surface area (Å²) in [5, 5.41) is 9.29. The van der Waals surface area contributed by atoms with Crippen molar-refractivity contribution in [2.45, 2.75) is 20.5 Å². The molecule has 0 aliphatic carbocycles. The van der Waals surface area contributed by atoms with Crippen LogP contribution in [0, 0.1) is 0 Å². The third kappa shape index (κ3) is 4.20. The van der Waals surface area contributed by atoms with Gasteiger partial charge in [-0.15, -0.1) is 0 Å². The van der Waals surface area contributed by atoms with Crippen molar-refractivity contribution in [2.75, 3.05) is 13.2 Å². The molecular formula is C19H20O5. The summed E-state index contributed by atoms with van der Waals surface area (Å²) in [6.07, 6.45) is 0.